The lowest BCUT2D eigenvalue weighted by molar-refractivity contribution is -0.124. The van der Waals surface area contributed by atoms with E-state index in [4.69, 9.17) is 5.73 Å². The first-order valence-electron chi connectivity index (χ1n) is 6.72. The predicted octanol–water partition coefficient (Wildman–Crippen LogP) is 2.27. The van der Waals surface area contributed by atoms with Gasteiger partial charge in [0, 0.05) is 24.8 Å². The summed E-state index contributed by atoms with van der Waals surface area (Å²) in [5, 5.41) is 5.59. The number of nitrogens with one attached hydrogen (secondary N) is 2. The van der Waals surface area contributed by atoms with E-state index in [-0.39, 0.29) is 11.8 Å². The minimum absolute atomic E-state index is 0.106. The molecule has 0 heterocycles. The van der Waals surface area contributed by atoms with Crippen LogP contribution in [0.2, 0.25) is 0 Å². The molecule has 1 rings (SSSR count). The fourth-order valence-electron chi connectivity index (χ4n) is 1.71. The zero-order valence-electron chi connectivity index (χ0n) is 12.5. The van der Waals surface area contributed by atoms with E-state index in [1.807, 2.05) is 26.8 Å². The number of carbonyl (C=O) groups is 2. The highest BCUT2D eigenvalue weighted by molar-refractivity contribution is 5.97. The molecule has 0 fully saturated rings. The quantitative estimate of drug-likeness (QED) is 0.772. The molecule has 0 aromatic heterocycles. The van der Waals surface area contributed by atoms with Crippen LogP contribution in [0.15, 0.2) is 18.2 Å². The van der Waals surface area contributed by atoms with E-state index in [9.17, 15) is 9.59 Å². The lowest BCUT2D eigenvalue weighted by Crippen LogP contribution is -2.39. The summed E-state index contributed by atoms with van der Waals surface area (Å²) in [4.78, 5) is 23.4. The van der Waals surface area contributed by atoms with Crippen LogP contribution in [0.1, 0.15) is 32.8 Å². The topological polar surface area (TPSA) is 84.2 Å². The third-order valence-corrected chi connectivity index (χ3v) is 3.59. The van der Waals surface area contributed by atoms with E-state index in [1.165, 1.54) is 6.92 Å². The number of aryl methyl sites for hydroxylation is 1. The van der Waals surface area contributed by atoms with Gasteiger partial charge in [-0.25, -0.2) is 0 Å². The van der Waals surface area contributed by atoms with E-state index >= 15 is 0 Å². The maximum atomic E-state index is 12.3. The molecule has 0 spiro atoms. The highest BCUT2D eigenvalue weighted by Crippen LogP contribution is 2.25. The van der Waals surface area contributed by atoms with Crippen LogP contribution in [0.25, 0.3) is 0 Å². The third-order valence-electron chi connectivity index (χ3n) is 3.59. The van der Waals surface area contributed by atoms with Gasteiger partial charge in [0.05, 0.1) is 5.41 Å². The highest BCUT2D eigenvalue weighted by Gasteiger charge is 2.29. The standard InChI is InChI=1S/C15H23N3O2/c1-5-15(4,9-16)14(20)18-13-8-12(17-11(3)19)7-6-10(13)2/h6-8H,5,9,16H2,1-4H3,(H,17,19)(H,18,20). The van der Waals surface area contributed by atoms with Crippen LogP contribution in [0.3, 0.4) is 0 Å². The fourth-order valence-corrected chi connectivity index (χ4v) is 1.71. The normalized spacial score (nSPS) is 13.4. The zero-order valence-corrected chi connectivity index (χ0v) is 12.5. The molecule has 20 heavy (non-hydrogen) atoms. The molecule has 2 amide bonds. The number of benzene rings is 1. The Bertz CT molecular complexity index is 508. The average molecular weight is 277 g/mol. The summed E-state index contributed by atoms with van der Waals surface area (Å²) in [5.74, 6) is -0.253. The average Bonchev–Trinajstić information content (AvgIpc) is 2.40. The number of anilines is 2. The van der Waals surface area contributed by atoms with Gasteiger partial charge in [0.25, 0.3) is 0 Å². The van der Waals surface area contributed by atoms with Crippen molar-refractivity contribution >= 4 is 23.2 Å². The number of amides is 2. The largest absolute Gasteiger partial charge is 0.329 e. The molecule has 1 aromatic carbocycles. The summed E-state index contributed by atoms with van der Waals surface area (Å²) in [5.41, 5.74) is 7.38. The van der Waals surface area contributed by atoms with Gasteiger partial charge in [-0.05, 0) is 38.0 Å². The Hall–Kier alpha value is -1.88. The molecule has 0 saturated heterocycles. The molecule has 5 nitrogen and oxygen atoms in total. The lowest BCUT2D eigenvalue weighted by Gasteiger charge is -2.25. The van der Waals surface area contributed by atoms with Gasteiger partial charge >= 0.3 is 0 Å². The van der Waals surface area contributed by atoms with Gasteiger partial charge in [-0.1, -0.05) is 13.0 Å². The van der Waals surface area contributed by atoms with Gasteiger partial charge in [-0.15, -0.1) is 0 Å². The summed E-state index contributed by atoms with van der Waals surface area (Å²) in [7, 11) is 0. The molecule has 110 valence electrons. The highest BCUT2D eigenvalue weighted by atomic mass is 16.2. The fraction of sp³-hybridized carbons (Fsp3) is 0.467. The summed E-state index contributed by atoms with van der Waals surface area (Å²) in [6.45, 7) is 7.42. The number of rotatable bonds is 5. The van der Waals surface area contributed by atoms with Crippen molar-refractivity contribution in [1.29, 1.82) is 0 Å². The van der Waals surface area contributed by atoms with E-state index in [0.29, 0.717) is 24.3 Å². The van der Waals surface area contributed by atoms with Crippen molar-refractivity contribution < 1.29 is 9.59 Å². The first-order valence-corrected chi connectivity index (χ1v) is 6.72. The second-order valence-corrected chi connectivity index (χ2v) is 5.28. The number of carbonyl (C=O) groups excluding carboxylic acids is 2. The Morgan fingerprint density at radius 2 is 1.95 bits per heavy atom. The number of nitrogens with two attached hydrogens (primary N) is 1. The molecule has 1 unspecified atom stereocenters. The second-order valence-electron chi connectivity index (χ2n) is 5.28. The summed E-state index contributed by atoms with van der Waals surface area (Å²) in [6, 6.07) is 5.40. The SMILES string of the molecule is CCC(C)(CN)C(=O)Nc1cc(NC(C)=O)ccc1C. The van der Waals surface area contributed by atoms with E-state index in [1.54, 1.807) is 12.1 Å². The van der Waals surface area contributed by atoms with E-state index in [2.05, 4.69) is 10.6 Å². The maximum Gasteiger partial charge on any atom is 0.231 e. The van der Waals surface area contributed by atoms with Crippen LogP contribution in [0.5, 0.6) is 0 Å². The van der Waals surface area contributed by atoms with Crippen molar-refractivity contribution in [2.45, 2.75) is 34.1 Å². The van der Waals surface area contributed by atoms with Gasteiger partial charge in [-0.3, -0.25) is 9.59 Å². The number of hydrogen-bond acceptors (Lipinski definition) is 3. The minimum atomic E-state index is -0.587. The molecular weight excluding hydrogens is 254 g/mol. The second kappa shape index (κ2) is 6.52. The maximum absolute atomic E-state index is 12.3. The molecule has 0 aliphatic heterocycles. The van der Waals surface area contributed by atoms with Crippen molar-refractivity contribution in [3.05, 3.63) is 23.8 Å². The zero-order chi connectivity index (χ0) is 15.3. The van der Waals surface area contributed by atoms with Gasteiger partial charge in [0.1, 0.15) is 0 Å². The Morgan fingerprint density at radius 1 is 1.30 bits per heavy atom. The smallest absolute Gasteiger partial charge is 0.231 e. The molecule has 5 heteroatoms. The van der Waals surface area contributed by atoms with Crippen LogP contribution in [0.4, 0.5) is 11.4 Å². The third kappa shape index (κ3) is 3.81. The molecule has 0 aliphatic carbocycles. The molecular formula is C15H23N3O2. The van der Waals surface area contributed by atoms with Crippen LogP contribution in [0, 0.1) is 12.3 Å². The van der Waals surface area contributed by atoms with Crippen molar-refractivity contribution in [3.8, 4) is 0 Å². The van der Waals surface area contributed by atoms with Crippen molar-refractivity contribution in [1.82, 2.24) is 0 Å². The Labute approximate surface area is 119 Å². The first kappa shape index (κ1) is 16.2. The summed E-state index contributed by atoms with van der Waals surface area (Å²) < 4.78 is 0. The Morgan fingerprint density at radius 3 is 2.45 bits per heavy atom. The Balaban J connectivity index is 2.96. The van der Waals surface area contributed by atoms with Crippen LogP contribution in [-0.4, -0.2) is 18.4 Å². The summed E-state index contributed by atoms with van der Waals surface area (Å²) >= 11 is 0. The van der Waals surface area contributed by atoms with Gasteiger partial charge in [0.15, 0.2) is 0 Å². The van der Waals surface area contributed by atoms with Crippen LogP contribution in [-0.2, 0) is 9.59 Å². The van der Waals surface area contributed by atoms with Crippen LogP contribution >= 0.6 is 0 Å². The molecule has 4 N–H and O–H groups in total. The van der Waals surface area contributed by atoms with Crippen molar-refractivity contribution in [3.63, 3.8) is 0 Å². The molecule has 1 aromatic rings. The van der Waals surface area contributed by atoms with Gasteiger partial charge in [-0.2, -0.15) is 0 Å². The lowest BCUT2D eigenvalue weighted by atomic mass is 9.86. The predicted molar refractivity (Wildman–Crippen MR) is 81.6 cm³/mol. The van der Waals surface area contributed by atoms with Gasteiger partial charge < -0.3 is 16.4 Å². The molecule has 0 aliphatic rings. The van der Waals surface area contributed by atoms with Crippen molar-refractivity contribution in [2.75, 3.05) is 17.2 Å². The summed E-state index contributed by atoms with van der Waals surface area (Å²) in [6.07, 6.45) is 0.666. The molecule has 0 radical (unpaired) electrons. The number of hydrogen-bond donors (Lipinski definition) is 3. The Kier molecular flexibility index (Phi) is 5.27. The monoisotopic (exact) mass is 277 g/mol. The minimum Gasteiger partial charge on any atom is -0.329 e. The van der Waals surface area contributed by atoms with Gasteiger partial charge in [0.2, 0.25) is 11.8 Å². The van der Waals surface area contributed by atoms with Crippen molar-refractivity contribution in [2.24, 2.45) is 11.1 Å². The van der Waals surface area contributed by atoms with E-state index in [0.717, 1.165) is 5.56 Å². The van der Waals surface area contributed by atoms with E-state index < -0.39 is 5.41 Å². The van der Waals surface area contributed by atoms with Crippen LogP contribution < -0.4 is 16.4 Å². The first-order chi connectivity index (χ1) is 9.32. The molecule has 1 atom stereocenters. The molecule has 0 saturated carbocycles. The molecule has 0 bridgehead atoms.